The number of nitrogens with zero attached hydrogens (tertiary/aromatic N) is 5. The van der Waals surface area contributed by atoms with Gasteiger partial charge in [0.1, 0.15) is 12.9 Å². The average Bonchev–Trinajstić information content (AvgIpc) is 3.11. The highest BCUT2D eigenvalue weighted by Crippen LogP contribution is 2.15. The lowest BCUT2D eigenvalue weighted by Crippen LogP contribution is -2.29. The molecule has 0 unspecified atom stereocenters. The Balaban J connectivity index is 1.89. The quantitative estimate of drug-likeness (QED) is 0.794. The zero-order valence-electron chi connectivity index (χ0n) is 11.6. The fraction of sp³-hybridized carbons (Fsp3) is 0.385. The topological polar surface area (TPSA) is 84.1 Å². The van der Waals surface area contributed by atoms with Crippen LogP contribution in [-0.4, -0.2) is 49.8 Å². The van der Waals surface area contributed by atoms with Crippen LogP contribution in [0.3, 0.4) is 0 Å². The maximum Gasteiger partial charge on any atom is 0.244 e. The fourth-order valence-corrected chi connectivity index (χ4v) is 2.38. The number of thiophene rings is 1. The Hall–Kier alpha value is -2.24. The van der Waals surface area contributed by atoms with Crippen LogP contribution in [0.5, 0.6) is 0 Å². The van der Waals surface area contributed by atoms with Gasteiger partial charge in [-0.15, -0.1) is 16.4 Å². The molecule has 0 saturated carbocycles. The molecule has 0 aliphatic heterocycles. The first kappa shape index (κ1) is 15.2. The third-order valence-corrected chi connectivity index (χ3v) is 3.53. The number of amides is 1. The summed E-state index contributed by atoms with van der Waals surface area (Å²) < 4.78 is 1.39. The maximum absolute atomic E-state index is 12.0. The van der Waals surface area contributed by atoms with E-state index in [2.05, 4.69) is 27.4 Å². The van der Waals surface area contributed by atoms with Crippen molar-refractivity contribution in [3.63, 3.8) is 0 Å². The Morgan fingerprint density at radius 1 is 1.57 bits per heavy atom. The van der Waals surface area contributed by atoms with E-state index in [1.165, 1.54) is 22.3 Å². The van der Waals surface area contributed by atoms with Crippen molar-refractivity contribution in [3.05, 3.63) is 28.2 Å². The van der Waals surface area contributed by atoms with Gasteiger partial charge in [-0.25, -0.2) is 4.68 Å². The van der Waals surface area contributed by atoms with Gasteiger partial charge < -0.3 is 10.0 Å². The molecule has 1 amide bonds. The highest BCUT2D eigenvalue weighted by atomic mass is 32.1. The third-order valence-electron chi connectivity index (χ3n) is 2.64. The molecule has 2 aromatic rings. The molecule has 1 N–H and O–H groups in total. The van der Waals surface area contributed by atoms with Gasteiger partial charge in [-0.05, 0) is 27.4 Å². The molecule has 0 bridgehead atoms. The average molecular weight is 305 g/mol. The summed E-state index contributed by atoms with van der Waals surface area (Å²) in [5.74, 6) is 5.79. The summed E-state index contributed by atoms with van der Waals surface area (Å²) in [6.45, 7) is 0.704. The molecule has 0 fully saturated rings. The number of carbonyl (C=O) groups excluding carboxylic acids is 1. The fourth-order valence-electron chi connectivity index (χ4n) is 1.60. The molecule has 0 aliphatic rings. The van der Waals surface area contributed by atoms with Crippen LogP contribution in [-0.2, 0) is 17.9 Å². The van der Waals surface area contributed by atoms with Crippen molar-refractivity contribution < 1.29 is 9.90 Å². The predicted octanol–water partition coefficient (Wildman–Crippen LogP) is 0.127. The molecule has 2 aromatic heterocycles. The van der Waals surface area contributed by atoms with Gasteiger partial charge >= 0.3 is 0 Å². The van der Waals surface area contributed by atoms with E-state index >= 15 is 0 Å². The second kappa shape index (κ2) is 7.52. The standard InChI is InChI=1S/C13H15N5O2S/c1-17(13(20)8-18-10-14-15-16-18)7-11-6-12(21-9-11)4-2-3-5-19/h6,9-10,19H,3,5,7-8H2,1H3. The summed E-state index contributed by atoms with van der Waals surface area (Å²) in [6, 6.07) is 1.95. The van der Waals surface area contributed by atoms with Crippen molar-refractivity contribution in [2.45, 2.75) is 19.5 Å². The Bertz CT molecular complexity index is 641. The summed E-state index contributed by atoms with van der Waals surface area (Å²) in [6.07, 6.45) is 1.88. The minimum atomic E-state index is -0.0681. The molecule has 2 heterocycles. The molecule has 0 radical (unpaired) electrons. The minimum absolute atomic E-state index is 0.0681. The smallest absolute Gasteiger partial charge is 0.244 e. The van der Waals surface area contributed by atoms with E-state index in [-0.39, 0.29) is 19.1 Å². The number of aromatic nitrogens is 4. The highest BCUT2D eigenvalue weighted by molar-refractivity contribution is 7.10. The van der Waals surface area contributed by atoms with Crippen LogP contribution in [0.2, 0.25) is 0 Å². The van der Waals surface area contributed by atoms with Crippen LogP contribution in [0.1, 0.15) is 16.9 Å². The number of likely N-dealkylation sites (N-methyl/N-ethyl adjacent to an activating group) is 1. The van der Waals surface area contributed by atoms with E-state index < -0.39 is 0 Å². The van der Waals surface area contributed by atoms with Gasteiger partial charge in [-0.2, -0.15) is 0 Å². The predicted molar refractivity (Wildman–Crippen MR) is 77.2 cm³/mol. The summed E-state index contributed by atoms with van der Waals surface area (Å²) in [5.41, 5.74) is 1.03. The van der Waals surface area contributed by atoms with E-state index in [1.54, 1.807) is 11.9 Å². The van der Waals surface area contributed by atoms with Crippen molar-refractivity contribution >= 4 is 17.2 Å². The number of hydrogen-bond acceptors (Lipinski definition) is 6. The molecular weight excluding hydrogens is 290 g/mol. The number of aliphatic hydroxyl groups excluding tert-OH is 1. The zero-order valence-corrected chi connectivity index (χ0v) is 12.4. The lowest BCUT2D eigenvalue weighted by atomic mass is 10.3. The lowest BCUT2D eigenvalue weighted by molar-refractivity contribution is -0.131. The Morgan fingerprint density at radius 3 is 3.14 bits per heavy atom. The molecule has 0 aliphatic carbocycles. The van der Waals surface area contributed by atoms with Gasteiger partial charge in [-0.1, -0.05) is 11.8 Å². The second-order valence-corrected chi connectivity index (χ2v) is 5.26. The molecule has 8 heteroatoms. The molecule has 0 spiro atoms. The largest absolute Gasteiger partial charge is 0.395 e. The first-order valence-electron chi connectivity index (χ1n) is 6.31. The van der Waals surface area contributed by atoms with E-state index in [9.17, 15) is 4.79 Å². The molecule has 7 nitrogen and oxygen atoms in total. The Kier molecular flexibility index (Phi) is 5.43. The molecule has 0 saturated heterocycles. The van der Waals surface area contributed by atoms with Gasteiger partial charge in [0.2, 0.25) is 5.91 Å². The zero-order chi connectivity index (χ0) is 15.1. The normalized spacial score (nSPS) is 10.0. The van der Waals surface area contributed by atoms with Crippen LogP contribution in [0, 0.1) is 11.8 Å². The summed E-state index contributed by atoms with van der Waals surface area (Å²) in [4.78, 5) is 14.5. The van der Waals surface area contributed by atoms with Gasteiger partial charge in [0.15, 0.2) is 0 Å². The number of hydrogen-bond donors (Lipinski definition) is 1. The molecule has 0 atom stereocenters. The second-order valence-electron chi connectivity index (χ2n) is 4.35. The number of rotatable bonds is 5. The van der Waals surface area contributed by atoms with E-state index in [1.807, 2.05) is 11.4 Å². The van der Waals surface area contributed by atoms with Crippen LogP contribution < -0.4 is 0 Å². The van der Waals surface area contributed by atoms with Gasteiger partial charge in [0, 0.05) is 20.0 Å². The summed E-state index contributed by atoms with van der Waals surface area (Å²) in [5, 5.41) is 21.3. The van der Waals surface area contributed by atoms with Gasteiger partial charge in [0.25, 0.3) is 0 Å². The Morgan fingerprint density at radius 2 is 2.43 bits per heavy atom. The molecule has 2 rings (SSSR count). The first-order valence-corrected chi connectivity index (χ1v) is 7.19. The highest BCUT2D eigenvalue weighted by Gasteiger charge is 2.11. The van der Waals surface area contributed by atoms with Crippen molar-refractivity contribution in [2.75, 3.05) is 13.7 Å². The van der Waals surface area contributed by atoms with Crippen LogP contribution in [0.4, 0.5) is 0 Å². The monoisotopic (exact) mass is 305 g/mol. The molecule has 0 aromatic carbocycles. The number of carbonyl (C=O) groups is 1. The minimum Gasteiger partial charge on any atom is -0.395 e. The third kappa shape index (κ3) is 4.66. The van der Waals surface area contributed by atoms with E-state index in [4.69, 9.17) is 5.11 Å². The van der Waals surface area contributed by atoms with Crippen LogP contribution in [0.15, 0.2) is 17.8 Å². The SMILES string of the molecule is CN(Cc1csc(C#CCCO)c1)C(=O)Cn1cnnn1. The molecule has 110 valence electrons. The summed E-state index contributed by atoms with van der Waals surface area (Å²) in [7, 11) is 1.74. The van der Waals surface area contributed by atoms with Crippen molar-refractivity contribution in [2.24, 2.45) is 0 Å². The van der Waals surface area contributed by atoms with Crippen LogP contribution in [0.25, 0.3) is 0 Å². The van der Waals surface area contributed by atoms with Crippen LogP contribution >= 0.6 is 11.3 Å². The van der Waals surface area contributed by atoms with E-state index in [0.717, 1.165) is 10.4 Å². The van der Waals surface area contributed by atoms with Crippen molar-refractivity contribution in [3.8, 4) is 11.8 Å². The number of tetrazole rings is 1. The van der Waals surface area contributed by atoms with Crippen molar-refractivity contribution in [1.29, 1.82) is 0 Å². The van der Waals surface area contributed by atoms with Crippen molar-refractivity contribution in [1.82, 2.24) is 25.1 Å². The molecule has 21 heavy (non-hydrogen) atoms. The molecular formula is C13H15N5O2S. The first-order chi connectivity index (χ1) is 10.2. The maximum atomic E-state index is 12.0. The summed E-state index contributed by atoms with van der Waals surface area (Å²) >= 11 is 1.53. The number of aliphatic hydroxyl groups is 1. The Labute approximate surface area is 126 Å². The van der Waals surface area contributed by atoms with E-state index in [0.29, 0.717) is 13.0 Å². The van der Waals surface area contributed by atoms with Gasteiger partial charge in [0.05, 0.1) is 11.5 Å². The lowest BCUT2D eigenvalue weighted by Gasteiger charge is -2.15. The van der Waals surface area contributed by atoms with Gasteiger partial charge in [-0.3, -0.25) is 4.79 Å².